The fourth-order valence-electron chi connectivity index (χ4n) is 3.68. The molecule has 0 radical (unpaired) electrons. The minimum atomic E-state index is -0.298. The van der Waals surface area contributed by atoms with Crippen LogP contribution in [0.4, 0.5) is 5.69 Å². The third-order valence-electron chi connectivity index (χ3n) is 5.32. The van der Waals surface area contributed by atoms with E-state index in [1.54, 1.807) is 13.3 Å². The van der Waals surface area contributed by atoms with Crippen molar-refractivity contribution >= 4 is 5.69 Å². The van der Waals surface area contributed by atoms with E-state index in [9.17, 15) is 4.79 Å². The second-order valence-electron chi connectivity index (χ2n) is 7.16. The SMILES string of the molecule is COc1ccccc1COc1c(N2CC[N@@]3OC3C2)cnn(-c2ccccc2)c1=O. The number of piperazine rings is 1. The lowest BCUT2D eigenvalue weighted by atomic mass is 10.2. The number of nitrogens with zero attached hydrogens (tertiary/aromatic N) is 4. The Morgan fingerprint density at radius 1 is 1.10 bits per heavy atom. The van der Waals surface area contributed by atoms with Crippen molar-refractivity contribution in [3.63, 3.8) is 0 Å². The maximum atomic E-state index is 13.4. The third-order valence-corrected chi connectivity index (χ3v) is 5.32. The minimum Gasteiger partial charge on any atom is -0.496 e. The highest BCUT2D eigenvalue weighted by atomic mass is 16.8. The number of hydroxylamine groups is 2. The normalized spacial score (nSPS) is 19.8. The Bertz CT molecular complexity index is 1100. The van der Waals surface area contributed by atoms with Crippen molar-refractivity contribution in [1.29, 1.82) is 0 Å². The van der Waals surface area contributed by atoms with Crippen molar-refractivity contribution in [2.75, 3.05) is 31.6 Å². The molecule has 0 saturated carbocycles. The second kappa shape index (κ2) is 7.81. The summed E-state index contributed by atoms with van der Waals surface area (Å²) >= 11 is 0. The molecule has 1 aromatic heterocycles. The number of rotatable bonds is 6. The maximum absolute atomic E-state index is 13.4. The third kappa shape index (κ3) is 3.51. The quantitative estimate of drug-likeness (QED) is 0.581. The van der Waals surface area contributed by atoms with Crippen molar-refractivity contribution in [3.05, 3.63) is 76.7 Å². The van der Waals surface area contributed by atoms with Gasteiger partial charge in [0.1, 0.15) is 18.0 Å². The standard InChI is InChI=1S/C22H22N4O4/c1-28-19-10-6-5-7-16(19)15-29-21-18(24-11-12-25-20(14-24)30-25)13-23-26(22(21)27)17-8-3-2-4-9-17/h2-10,13,20H,11-12,14-15H2,1H3/t20?,25-/m1/s1. The number of hydrogen-bond acceptors (Lipinski definition) is 7. The second-order valence-corrected chi connectivity index (χ2v) is 7.16. The van der Waals surface area contributed by atoms with Crippen LogP contribution in [0.5, 0.6) is 11.5 Å². The highest BCUT2D eigenvalue weighted by molar-refractivity contribution is 5.57. The zero-order valence-corrected chi connectivity index (χ0v) is 16.6. The van der Waals surface area contributed by atoms with Crippen molar-refractivity contribution in [2.24, 2.45) is 0 Å². The first kappa shape index (κ1) is 18.7. The lowest BCUT2D eigenvalue weighted by Gasteiger charge is -2.28. The lowest BCUT2D eigenvalue weighted by molar-refractivity contribution is 0.206. The summed E-state index contributed by atoms with van der Waals surface area (Å²) in [5, 5.41) is 6.35. The predicted molar refractivity (Wildman–Crippen MR) is 111 cm³/mol. The Morgan fingerprint density at radius 3 is 2.70 bits per heavy atom. The minimum absolute atomic E-state index is 0.0670. The Balaban J connectivity index is 1.52. The van der Waals surface area contributed by atoms with E-state index in [0.717, 1.165) is 24.4 Å². The van der Waals surface area contributed by atoms with E-state index in [1.807, 2.05) is 59.7 Å². The van der Waals surface area contributed by atoms with E-state index in [2.05, 4.69) is 10.00 Å². The van der Waals surface area contributed by atoms with E-state index in [-0.39, 0.29) is 24.1 Å². The Kier molecular flexibility index (Phi) is 4.86. The average molecular weight is 406 g/mol. The molecule has 2 aliphatic heterocycles. The van der Waals surface area contributed by atoms with Gasteiger partial charge in [-0.1, -0.05) is 36.4 Å². The molecule has 8 heteroatoms. The smallest absolute Gasteiger partial charge is 0.316 e. The molecule has 2 saturated heterocycles. The van der Waals surface area contributed by atoms with Crippen molar-refractivity contribution in [2.45, 2.75) is 12.8 Å². The summed E-state index contributed by atoms with van der Waals surface area (Å²) in [5.74, 6) is 0.991. The van der Waals surface area contributed by atoms with Crippen molar-refractivity contribution in [1.82, 2.24) is 14.8 Å². The molecule has 1 unspecified atom stereocenters. The number of anilines is 1. The molecule has 2 fully saturated rings. The zero-order valence-electron chi connectivity index (χ0n) is 16.6. The summed E-state index contributed by atoms with van der Waals surface area (Å²) < 4.78 is 12.9. The van der Waals surface area contributed by atoms with Crippen LogP contribution in [0.1, 0.15) is 5.56 Å². The van der Waals surface area contributed by atoms with E-state index in [4.69, 9.17) is 14.3 Å². The van der Waals surface area contributed by atoms with Crippen LogP contribution in [0.25, 0.3) is 5.69 Å². The number of benzene rings is 2. The van der Waals surface area contributed by atoms with Gasteiger partial charge in [0.25, 0.3) is 0 Å². The molecule has 5 rings (SSSR count). The van der Waals surface area contributed by atoms with E-state index < -0.39 is 0 Å². The van der Waals surface area contributed by atoms with Gasteiger partial charge in [0, 0.05) is 18.7 Å². The van der Waals surface area contributed by atoms with E-state index >= 15 is 0 Å². The summed E-state index contributed by atoms with van der Waals surface area (Å²) in [5.41, 5.74) is 1.93. The number of para-hydroxylation sites is 2. The van der Waals surface area contributed by atoms with Crippen LogP contribution in [0, 0.1) is 0 Å². The van der Waals surface area contributed by atoms with Gasteiger partial charge in [-0.05, 0) is 18.2 Å². The zero-order chi connectivity index (χ0) is 20.5. The van der Waals surface area contributed by atoms with E-state index in [0.29, 0.717) is 17.9 Å². The molecular formula is C22H22N4O4. The molecule has 3 heterocycles. The molecule has 2 aliphatic rings. The Morgan fingerprint density at radius 2 is 1.90 bits per heavy atom. The first-order valence-electron chi connectivity index (χ1n) is 9.85. The van der Waals surface area contributed by atoms with Gasteiger partial charge in [0.2, 0.25) is 5.75 Å². The molecule has 0 N–H and O–H groups in total. The van der Waals surface area contributed by atoms with Gasteiger partial charge < -0.3 is 14.4 Å². The summed E-state index contributed by atoms with van der Waals surface area (Å²) in [7, 11) is 1.62. The summed E-state index contributed by atoms with van der Waals surface area (Å²) in [4.78, 5) is 21.0. The van der Waals surface area contributed by atoms with Crippen LogP contribution >= 0.6 is 0 Å². The fourth-order valence-corrected chi connectivity index (χ4v) is 3.68. The molecule has 0 bridgehead atoms. The topological polar surface area (TPSA) is 72.1 Å². The number of methoxy groups -OCH3 is 1. The average Bonchev–Trinajstić information content (AvgIpc) is 3.58. The predicted octanol–water partition coefficient (Wildman–Crippen LogP) is 2.21. The Labute approximate surface area is 173 Å². The summed E-state index contributed by atoms with van der Waals surface area (Å²) in [6, 6.07) is 16.9. The van der Waals surface area contributed by atoms with Gasteiger partial charge in [0.05, 0.1) is 25.5 Å². The number of fused-ring (bicyclic) bond motifs is 1. The summed E-state index contributed by atoms with van der Waals surface area (Å²) in [6.07, 6.45) is 1.77. The number of ether oxygens (including phenoxy) is 2. The monoisotopic (exact) mass is 406 g/mol. The highest BCUT2D eigenvalue weighted by Gasteiger charge is 2.42. The molecule has 0 spiro atoms. The molecule has 2 atom stereocenters. The summed E-state index contributed by atoms with van der Waals surface area (Å²) in [6.45, 7) is 2.39. The number of aromatic nitrogens is 2. The van der Waals surface area contributed by atoms with Crippen LogP contribution in [0.2, 0.25) is 0 Å². The van der Waals surface area contributed by atoms with Crippen molar-refractivity contribution in [3.8, 4) is 17.2 Å². The molecule has 8 nitrogen and oxygen atoms in total. The molecule has 0 amide bonds. The van der Waals surface area contributed by atoms with Gasteiger partial charge in [-0.3, -0.25) is 9.63 Å². The molecule has 2 aromatic carbocycles. The first-order valence-corrected chi connectivity index (χ1v) is 9.85. The van der Waals surface area contributed by atoms with Gasteiger partial charge >= 0.3 is 5.56 Å². The lowest BCUT2D eigenvalue weighted by Crippen LogP contribution is -2.40. The van der Waals surface area contributed by atoms with Crippen LogP contribution < -0.4 is 19.9 Å². The van der Waals surface area contributed by atoms with E-state index in [1.165, 1.54) is 4.68 Å². The molecule has 0 aliphatic carbocycles. The van der Waals surface area contributed by atoms with Crippen molar-refractivity contribution < 1.29 is 14.3 Å². The van der Waals surface area contributed by atoms with Crippen LogP contribution in [0.3, 0.4) is 0 Å². The molecule has 154 valence electrons. The number of hydrogen-bond donors (Lipinski definition) is 0. The van der Waals surface area contributed by atoms with Gasteiger partial charge in [-0.2, -0.15) is 14.8 Å². The first-order chi connectivity index (χ1) is 14.7. The van der Waals surface area contributed by atoms with Gasteiger partial charge in [-0.15, -0.1) is 0 Å². The molecule has 3 aromatic rings. The Hall–Kier alpha value is -3.36. The van der Waals surface area contributed by atoms with Crippen LogP contribution in [0.15, 0.2) is 65.6 Å². The molecule has 30 heavy (non-hydrogen) atoms. The maximum Gasteiger partial charge on any atom is 0.316 e. The molecular weight excluding hydrogens is 384 g/mol. The van der Waals surface area contributed by atoms with Crippen LogP contribution in [-0.4, -0.2) is 47.8 Å². The van der Waals surface area contributed by atoms with Gasteiger partial charge in [0.15, 0.2) is 6.23 Å². The highest BCUT2D eigenvalue weighted by Crippen LogP contribution is 2.32. The van der Waals surface area contributed by atoms with Gasteiger partial charge in [-0.25, -0.2) is 0 Å². The fraction of sp³-hybridized carbons (Fsp3) is 0.273. The van der Waals surface area contributed by atoms with Crippen LogP contribution in [-0.2, 0) is 11.4 Å². The largest absolute Gasteiger partial charge is 0.496 e.